The van der Waals surface area contributed by atoms with Gasteiger partial charge in [0.1, 0.15) is 5.82 Å². The van der Waals surface area contributed by atoms with E-state index in [2.05, 4.69) is 9.88 Å². The zero-order chi connectivity index (χ0) is 22.1. The molecule has 2 fully saturated rings. The number of hydrogen-bond acceptors (Lipinski definition) is 5. The molecule has 1 unspecified atom stereocenters. The van der Waals surface area contributed by atoms with Crippen molar-refractivity contribution < 1.29 is 14.0 Å². The van der Waals surface area contributed by atoms with Crippen LogP contribution in [0.25, 0.3) is 11.1 Å². The highest BCUT2D eigenvalue weighted by Gasteiger charge is 2.36. The second-order valence-electron chi connectivity index (χ2n) is 8.09. The molecule has 0 N–H and O–H groups in total. The first-order chi connectivity index (χ1) is 15.6. The predicted octanol–water partition coefficient (Wildman–Crippen LogP) is 3.51. The molecule has 2 aromatic carbocycles. The second kappa shape index (κ2) is 8.80. The number of anilines is 1. The Morgan fingerprint density at radius 2 is 1.81 bits per heavy atom. The molecule has 2 aliphatic heterocycles. The maximum atomic E-state index is 14.4. The highest BCUT2D eigenvalue weighted by Crippen LogP contribution is 2.30. The van der Waals surface area contributed by atoms with Gasteiger partial charge in [0.25, 0.3) is 5.91 Å². The van der Waals surface area contributed by atoms with Gasteiger partial charge in [-0.3, -0.25) is 14.5 Å². The first kappa shape index (κ1) is 20.8. The number of nitrogens with zero attached hydrogens (tertiary/aromatic N) is 4. The van der Waals surface area contributed by atoms with Gasteiger partial charge in [-0.25, -0.2) is 9.37 Å². The third kappa shape index (κ3) is 4.16. The molecular weight excluding hydrogens is 427 g/mol. The SMILES string of the molecule is O=C(c1nccs1)N1CCN(C2CC(=O)N(c3cc(F)cc(-c4ccccc4)c3)C2)CC1. The summed E-state index contributed by atoms with van der Waals surface area (Å²) in [6.07, 6.45) is 2.04. The van der Waals surface area contributed by atoms with Crippen LogP contribution in [0, 0.1) is 5.82 Å². The second-order valence-corrected chi connectivity index (χ2v) is 8.99. The Morgan fingerprint density at radius 3 is 2.53 bits per heavy atom. The smallest absolute Gasteiger partial charge is 0.282 e. The number of carbonyl (C=O) groups is 2. The lowest BCUT2D eigenvalue weighted by atomic mass is 10.0. The first-order valence-corrected chi connectivity index (χ1v) is 11.6. The van der Waals surface area contributed by atoms with Crippen molar-refractivity contribution in [3.8, 4) is 11.1 Å². The van der Waals surface area contributed by atoms with Crippen molar-refractivity contribution >= 4 is 28.8 Å². The zero-order valence-corrected chi connectivity index (χ0v) is 18.3. The van der Waals surface area contributed by atoms with Gasteiger partial charge < -0.3 is 9.80 Å². The van der Waals surface area contributed by atoms with Crippen LogP contribution in [0.1, 0.15) is 16.2 Å². The molecule has 0 spiro atoms. The lowest BCUT2D eigenvalue weighted by Crippen LogP contribution is -2.52. The summed E-state index contributed by atoms with van der Waals surface area (Å²) < 4.78 is 14.4. The lowest BCUT2D eigenvalue weighted by Gasteiger charge is -2.37. The zero-order valence-electron chi connectivity index (χ0n) is 17.5. The van der Waals surface area contributed by atoms with Crippen molar-refractivity contribution in [2.75, 3.05) is 37.6 Å². The molecule has 8 heteroatoms. The van der Waals surface area contributed by atoms with E-state index >= 15 is 0 Å². The Labute approximate surface area is 189 Å². The van der Waals surface area contributed by atoms with Gasteiger partial charge in [0, 0.05) is 62.5 Å². The van der Waals surface area contributed by atoms with E-state index < -0.39 is 0 Å². The van der Waals surface area contributed by atoms with Gasteiger partial charge in [-0.05, 0) is 29.3 Å². The summed E-state index contributed by atoms with van der Waals surface area (Å²) >= 11 is 1.35. The average molecular weight is 451 g/mol. The molecule has 3 heterocycles. The monoisotopic (exact) mass is 450 g/mol. The van der Waals surface area contributed by atoms with Gasteiger partial charge in [-0.1, -0.05) is 30.3 Å². The molecule has 1 aromatic heterocycles. The molecule has 0 bridgehead atoms. The van der Waals surface area contributed by atoms with Crippen molar-refractivity contribution in [2.45, 2.75) is 12.5 Å². The minimum atomic E-state index is -0.355. The maximum absolute atomic E-state index is 14.4. The average Bonchev–Trinajstić information content (AvgIpc) is 3.49. The fraction of sp³-hybridized carbons (Fsp3) is 0.292. The number of halogens is 1. The highest BCUT2D eigenvalue weighted by atomic mass is 32.1. The lowest BCUT2D eigenvalue weighted by molar-refractivity contribution is -0.117. The minimum absolute atomic E-state index is 0.000836. The number of thiazole rings is 1. The van der Waals surface area contributed by atoms with Gasteiger partial charge in [-0.2, -0.15) is 0 Å². The summed E-state index contributed by atoms with van der Waals surface area (Å²) in [5, 5.41) is 2.32. The van der Waals surface area contributed by atoms with Crippen LogP contribution in [-0.4, -0.2) is 65.4 Å². The van der Waals surface area contributed by atoms with Gasteiger partial charge in [0.05, 0.1) is 0 Å². The van der Waals surface area contributed by atoms with Crippen LogP contribution in [0.2, 0.25) is 0 Å². The summed E-state index contributed by atoms with van der Waals surface area (Å²) in [6, 6.07) is 14.5. The Morgan fingerprint density at radius 1 is 1.03 bits per heavy atom. The molecule has 6 nitrogen and oxygen atoms in total. The normalized spacial score (nSPS) is 19.5. The molecule has 0 radical (unpaired) electrons. The van der Waals surface area contributed by atoms with Crippen LogP contribution < -0.4 is 4.90 Å². The van der Waals surface area contributed by atoms with E-state index in [1.165, 1.54) is 23.5 Å². The van der Waals surface area contributed by atoms with E-state index in [1.54, 1.807) is 16.5 Å². The minimum Gasteiger partial charge on any atom is -0.334 e. The van der Waals surface area contributed by atoms with E-state index in [-0.39, 0.29) is 23.7 Å². The number of rotatable bonds is 4. The molecule has 5 rings (SSSR count). The maximum Gasteiger partial charge on any atom is 0.282 e. The molecule has 164 valence electrons. The van der Waals surface area contributed by atoms with E-state index in [1.807, 2.05) is 41.3 Å². The summed E-state index contributed by atoms with van der Waals surface area (Å²) in [5.74, 6) is -0.384. The molecule has 1 atom stereocenters. The molecule has 0 aliphatic carbocycles. The van der Waals surface area contributed by atoms with E-state index in [0.717, 1.165) is 11.1 Å². The standard InChI is InChI=1S/C24H23FN4O2S/c25-19-12-18(17-4-2-1-3-5-17)13-20(14-19)29-16-21(15-22(29)30)27-7-9-28(10-8-27)24(31)23-26-6-11-32-23/h1-6,11-14,21H,7-10,15-16H2. The summed E-state index contributed by atoms with van der Waals surface area (Å²) in [6.45, 7) is 3.17. The molecular formula is C24H23FN4O2S. The third-order valence-electron chi connectivity index (χ3n) is 6.14. The Balaban J connectivity index is 1.26. The van der Waals surface area contributed by atoms with Crippen molar-refractivity contribution in [3.05, 3.63) is 70.9 Å². The van der Waals surface area contributed by atoms with E-state index in [0.29, 0.717) is 49.8 Å². The highest BCUT2D eigenvalue weighted by molar-refractivity contribution is 7.11. The number of aromatic nitrogens is 1. The van der Waals surface area contributed by atoms with Crippen LogP contribution in [0.4, 0.5) is 10.1 Å². The first-order valence-electron chi connectivity index (χ1n) is 10.7. The molecule has 3 aromatic rings. The van der Waals surface area contributed by atoms with Crippen molar-refractivity contribution in [1.82, 2.24) is 14.8 Å². The molecule has 2 saturated heterocycles. The topological polar surface area (TPSA) is 56.8 Å². The van der Waals surface area contributed by atoms with E-state index in [9.17, 15) is 14.0 Å². The quantitative estimate of drug-likeness (QED) is 0.611. The van der Waals surface area contributed by atoms with E-state index in [4.69, 9.17) is 0 Å². The Hall–Kier alpha value is -3.10. The van der Waals surface area contributed by atoms with Gasteiger partial charge in [0.2, 0.25) is 5.91 Å². The fourth-order valence-corrected chi connectivity index (χ4v) is 5.07. The third-order valence-corrected chi connectivity index (χ3v) is 6.90. The summed E-state index contributed by atoms with van der Waals surface area (Å²) in [7, 11) is 0. The molecule has 2 amide bonds. The van der Waals surface area contributed by atoms with Crippen LogP contribution in [0.15, 0.2) is 60.1 Å². The Kier molecular flexibility index (Phi) is 5.71. The van der Waals surface area contributed by atoms with Crippen molar-refractivity contribution in [1.29, 1.82) is 0 Å². The van der Waals surface area contributed by atoms with Crippen molar-refractivity contribution in [3.63, 3.8) is 0 Å². The van der Waals surface area contributed by atoms with Gasteiger partial charge in [-0.15, -0.1) is 11.3 Å². The molecule has 0 saturated carbocycles. The number of amides is 2. The fourth-order valence-electron chi connectivity index (χ4n) is 4.46. The number of hydrogen-bond donors (Lipinski definition) is 0. The van der Waals surface area contributed by atoms with Crippen LogP contribution in [0.3, 0.4) is 0 Å². The largest absolute Gasteiger partial charge is 0.334 e. The summed E-state index contributed by atoms with van der Waals surface area (Å²) in [5.41, 5.74) is 2.26. The van der Waals surface area contributed by atoms with Gasteiger partial charge >= 0.3 is 0 Å². The molecule has 2 aliphatic rings. The van der Waals surface area contributed by atoms with Crippen LogP contribution >= 0.6 is 11.3 Å². The predicted molar refractivity (Wildman–Crippen MR) is 122 cm³/mol. The van der Waals surface area contributed by atoms with Crippen LogP contribution in [-0.2, 0) is 4.79 Å². The number of carbonyl (C=O) groups excluding carboxylic acids is 2. The number of piperazine rings is 1. The summed E-state index contributed by atoms with van der Waals surface area (Å²) in [4.78, 5) is 35.2. The molecule has 32 heavy (non-hydrogen) atoms. The Bertz CT molecular complexity index is 1110. The number of benzene rings is 2. The van der Waals surface area contributed by atoms with Crippen LogP contribution in [0.5, 0.6) is 0 Å². The van der Waals surface area contributed by atoms with Gasteiger partial charge in [0.15, 0.2) is 5.01 Å². The van der Waals surface area contributed by atoms with Crippen molar-refractivity contribution in [2.24, 2.45) is 0 Å².